The molecule has 3 heteroatoms. The van der Waals surface area contributed by atoms with Crippen LogP contribution in [0.1, 0.15) is 0 Å². The lowest BCUT2D eigenvalue weighted by Crippen LogP contribution is -1.96. The number of hydrogen-bond donors (Lipinski definition) is 0. The van der Waals surface area contributed by atoms with E-state index in [1.54, 1.807) is 0 Å². The molecule has 0 amide bonds. The quantitative estimate of drug-likeness (QED) is 0.174. The Hall–Kier alpha value is -6.84. The molecule has 10 rings (SSSR count). The van der Waals surface area contributed by atoms with Crippen molar-refractivity contribution in [2.75, 3.05) is 0 Å². The summed E-state index contributed by atoms with van der Waals surface area (Å²) < 4.78 is 6.64. The first-order chi connectivity index (χ1) is 25.3. The fourth-order valence-electron chi connectivity index (χ4n) is 7.39. The molecule has 0 unspecified atom stereocenters. The van der Waals surface area contributed by atoms with Crippen molar-refractivity contribution >= 4 is 43.5 Å². The van der Waals surface area contributed by atoms with Gasteiger partial charge in [-0.05, 0) is 74.8 Å². The van der Waals surface area contributed by atoms with Gasteiger partial charge in [0.25, 0.3) is 0 Å². The summed E-state index contributed by atoms with van der Waals surface area (Å²) in [6, 6.07) is 63.8. The van der Waals surface area contributed by atoms with Crippen LogP contribution in [0.5, 0.6) is 0 Å². The van der Waals surface area contributed by atoms with Crippen molar-refractivity contribution in [1.29, 1.82) is 0 Å². The number of aromatic nitrogens is 2. The number of benzene rings is 8. The van der Waals surface area contributed by atoms with Gasteiger partial charge in [0.05, 0.1) is 11.4 Å². The van der Waals surface area contributed by atoms with E-state index in [9.17, 15) is 0 Å². The number of rotatable bonds is 5. The molecule has 0 aliphatic carbocycles. The van der Waals surface area contributed by atoms with E-state index < -0.39 is 0 Å². The van der Waals surface area contributed by atoms with E-state index in [2.05, 4.69) is 158 Å². The average molecular weight is 651 g/mol. The predicted molar refractivity (Wildman–Crippen MR) is 212 cm³/mol. The van der Waals surface area contributed by atoms with E-state index in [-0.39, 0.29) is 0 Å². The Bertz CT molecular complexity index is 2840. The fourth-order valence-corrected chi connectivity index (χ4v) is 7.39. The summed E-state index contributed by atoms with van der Waals surface area (Å²) in [6.45, 7) is 0. The second-order valence-electron chi connectivity index (χ2n) is 13.0. The highest BCUT2D eigenvalue weighted by molar-refractivity contribution is 6.30. The first-order valence-corrected chi connectivity index (χ1v) is 17.2. The highest BCUT2D eigenvalue weighted by atomic mass is 16.3. The second kappa shape index (κ2) is 11.9. The van der Waals surface area contributed by atoms with Crippen molar-refractivity contribution in [3.05, 3.63) is 182 Å². The standard InChI is InChI=1S/C48H30N2O/c1-4-14-31(15-5-1)35-26-36(28-37(27-35)44-30-43(32-16-6-2-7-17-32)49-48(50-44)33-18-8-3-9-19-33)34-24-25-45-42(29-34)46-40-22-12-10-20-38(40)39-21-11-13-23-41(39)47(46)51-45/h1-30H. The van der Waals surface area contributed by atoms with Crippen molar-refractivity contribution in [1.82, 2.24) is 9.97 Å². The van der Waals surface area contributed by atoms with Gasteiger partial charge in [-0.1, -0.05) is 146 Å². The lowest BCUT2D eigenvalue weighted by atomic mass is 9.93. The van der Waals surface area contributed by atoms with E-state index in [1.807, 2.05) is 24.3 Å². The Morgan fingerprint density at radius 3 is 1.51 bits per heavy atom. The molecular weight excluding hydrogens is 621 g/mol. The van der Waals surface area contributed by atoms with Crippen molar-refractivity contribution in [2.24, 2.45) is 0 Å². The molecule has 0 atom stereocenters. The largest absolute Gasteiger partial charge is 0.455 e. The predicted octanol–water partition coefficient (Wildman–Crippen LogP) is 13.0. The lowest BCUT2D eigenvalue weighted by molar-refractivity contribution is 0.673. The highest BCUT2D eigenvalue weighted by Gasteiger charge is 2.18. The number of fused-ring (bicyclic) bond motifs is 8. The van der Waals surface area contributed by atoms with Crippen LogP contribution in [0.25, 0.3) is 99.6 Å². The van der Waals surface area contributed by atoms with Gasteiger partial charge < -0.3 is 4.42 Å². The van der Waals surface area contributed by atoms with E-state index >= 15 is 0 Å². The maximum absolute atomic E-state index is 6.64. The Balaban J connectivity index is 1.22. The molecule has 0 spiro atoms. The van der Waals surface area contributed by atoms with Crippen LogP contribution >= 0.6 is 0 Å². The monoisotopic (exact) mass is 650 g/mol. The molecule has 238 valence electrons. The molecular formula is C48H30N2O. The molecule has 0 aliphatic heterocycles. The highest BCUT2D eigenvalue weighted by Crippen LogP contribution is 2.42. The topological polar surface area (TPSA) is 38.9 Å². The number of hydrogen-bond acceptors (Lipinski definition) is 3. The van der Waals surface area contributed by atoms with Crippen LogP contribution in [0.2, 0.25) is 0 Å². The summed E-state index contributed by atoms with van der Waals surface area (Å²) in [5, 5.41) is 7.02. The van der Waals surface area contributed by atoms with Crippen LogP contribution < -0.4 is 0 Å². The minimum absolute atomic E-state index is 0.698. The minimum atomic E-state index is 0.698. The van der Waals surface area contributed by atoms with E-state index in [0.29, 0.717) is 5.82 Å². The molecule has 0 saturated heterocycles. The van der Waals surface area contributed by atoms with E-state index in [0.717, 1.165) is 77.7 Å². The Kier molecular flexibility index (Phi) is 6.81. The molecule has 0 bridgehead atoms. The summed E-state index contributed by atoms with van der Waals surface area (Å²) >= 11 is 0. The van der Waals surface area contributed by atoms with Crippen molar-refractivity contribution in [2.45, 2.75) is 0 Å². The van der Waals surface area contributed by atoms with Gasteiger partial charge in [0.1, 0.15) is 11.2 Å². The molecule has 10 aromatic rings. The van der Waals surface area contributed by atoms with Gasteiger partial charge in [0.2, 0.25) is 0 Å². The summed E-state index contributed by atoms with van der Waals surface area (Å²) in [7, 11) is 0. The second-order valence-corrected chi connectivity index (χ2v) is 13.0. The maximum Gasteiger partial charge on any atom is 0.160 e. The first-order valence-electron chi connectivity index (χ1n) is 17.2. The molecule has 0 aliphatic rings. The van der Waals surface area contributed by atoms with Gasteiger partial charge in [0.15, 0.2) is 5.82 Å². The van der Waals surface area contributed by atoms with Crippen LogP contribution in [0.4, 0.5) is 0 Å². The summed E-state index contributed by atoms with van der Waals surface area (Å²) in [5.41, 5.74) is 11.1. The van der Waals surface area contributed by atoms with Gasteiger partial charge in [0, 0.05) is 32.8 Å². The molecule has 51 heavy (non-hydrogen) atoms. The molecule has 3 nitrogen and oxygen atoms in total. The van der Waals surface area contributed by atoms with E-state index in [4.69, 9.17) is 14.4 Å². The zero-order valence-electron chi connectivity index (χ0n) is 27.6. The van der Waals surface area contributed by atoms with Gasteiger partial charge >= 0.3 is 0 Å². The smallest absolute Gasteiger partial charge is 0.160 e. The molecule has 0 N–H and O–H groups in total. The van der Waals surface area contributed by atoms with Crippen molar-refractivity contribution in [3.8, 4) is 56.2 Å². The van der Waals surface area contributed by atoms with Crippen molar-refractivity contribution < 1.29 is 4.42 Å². The zero-order valence-corrected chi connectivity index (χ0v) is 27.6. The third-order valence-corrected chi connectivity index (χ3v) is 9.84. The van der Waals surface area contributed by atoms with Crippen LogP contribution in [0, 0.1) is 0 Å². The maximum atomic E-state index is 6.64. The normalized spacial score (nSPS) is 11.5. The molecule has 2 aromatic heterocycles. The summed E-state index contributed by atoms with van der Waals surface area (Å²) in [6.07, 6.45) is 0. The lowest BCUT2D eigenvalue weighted by Gasteiger charge is -2.13. The van der Waals surface area contributed by atoms with Gasteiger partial charge in [-0.25, -0.2) is 9.97 Å². The van der Waals surface area contributed by atoms with Gasteiger partial charge in [-0.2, -0.15) is 0 Å². The van der Waals surface area contributed by atoms with Crippen molar-refractivity contribution in [3.63, 3.8) is 0 Å². The summed E-state index contributed by atoms with van der Waals surface area (Å²) in [4.78, 5) is 10.2. The first kappa shape index (κ1) is 29.1. The molecule has 0 fully saturated rings. The van der Waals surface area contributed by atoms with Crippen LogP contribution in [0.15, 0.2) is 186 Å². The van der Waals surface area contributed by atoms with E-state index in [1.165, 1.54) is 16.2 Å². The summed E-state index contributed by atoms with van der Waals surface area (Å²) in [5.74, 6) is 0.698. The molecule has 0 radical (unpaired) electrons. The average Bonchev–Trinajstić information content (AvgIpc) is 3.61. The van der Waals surface area contributed by atoms with Crippen LogP contribution in [-0.2, 0) is 0 Å². The number of nitrogens with zero attached hydrogens (tertiary/aromatic N) is 2. The third kappa shape index (κ3) is 5.06. The van der Waals surface area contributed by atoms with Gasteiger partial charge in [-0.15, -0.1) is 0 Å². The third-order valence-electron chi connectivity index (χ3n) is 9.84. The van der Waals surface area contributed by atoms with Crippen LogP contribution in [-0.4, -0.2) is 9.97 Å². The Morgan fingerprint density at radius 2 is 0.824 bits per heavy atom. The molecule has 0 saturated carbocycles. The van der Waals surface area contributed by atoms with Crippen LogP contribution in [0.3, 0.4) is 0 Å². The zero-order chi connectivity index (χ0) is 33.7. The fraction of sp³-hybridized carbons (Fsp3) is 0. The Morgan fingerprint density at radius 1 is 0.314 bits per heavy atom. The van der Waals surface area contributed by atoms with Gasteiger partial charge in [-0.3, -0.25) is 0 Å². The Labute approximate surface area is 295 Å². The minimum Gasteiger partial charge on any atom is -0.455 e. The number of furan rings is 1. The molecule has 2 heterocycles. The SMILES string of the molecule is c1ccc(-c2cc(-c3ccc4oc5c6ccccc6c6ccccc6c5c4c3)cc(-c3cc(-c4ccccc4)nc(-c4ccccc4)n3)c2)cc1. The molecule has 8 aromatic carbocycles.